The summed E-state index contributed by atoms with van der Waals surface area (Å²) in [7, 11) is 1.52. The molecule has 86 valence electrons. The Bertz CT molecular complexity index is 416. The molecule has 5 heteroatoms. The number of anilines is 1. The first kappa shape index (κ1) is 12.1. The van der Waals surface area contributed by atoms with Crippen LogP contribution in [0.25, 0.3) is 5.70 Å². The molecule has 16 heavy (non-hydrogen) atoms. The van der Waals surface area contributed by atoms with E-state index in [1.54, 1.807) is 18.2 Å². The fourth-order valence-electron chi connectivity index (χ4n) is 1.29. The van der Waals surface area contributed by atoms with Crippen molar-refractivity contribution in [1.29, 1.82) is 0 Å². The van der Waals surface area contributed by atoms with Gasteiger partial charge in [0, 0.05) is 18.2 Å². The molecule has 0 aliphatic carbocycles. The predicted octanol–water partition coefficient (Wildman–Crippen LogP) is 1.60. The van der Waals surface area contributed by atoms with E-state index in [0.717, 1.165) is 0 Å². The molecule has 0 atom stereocenters. The van der Waals surface area contributed by atoms with Gasteiger partial charge in [0.25, 0.3) is 0 Å². The summed E-state index contributed by atoms with van der Waals surface area (Å²) in [6, 6.07) is 5.04. The van der Waals surface area contributed by atoms with E-state index in [-0.39, 0.29) is 5.91 Å². The number of amides is 1. The Morgan fingerprint density at radius 2 is 2.19 bits per heavy atom. The van der Waals surface area contributed by atoms with Crippen molar-refractivity contribution in [3.05, 3.63) is 30.3 Å². The first-order valence-corrected chi connectivity index (χ1v) is 4.63. The number of ether oxygens (including phenoxy) is 1. The molecule has 1 aromatic rings. The van der Waals surface area contributed by atoms with Gasteiger partial charge in [-0.2, -0.15) is 0 Å². The van der Waals surface area contributed by atoms with Gasteiger partial charge in [0.1, 0.15) is 5.75 Å². The van der Waals surface area contributed by atoms with Gasteiger partial charge in [0.15, 0.2) is 0 Å². The van der Waals surface area contributed by atoms with Crippen molar-refractivity contribution in [3.63, 3.8) is 0 Å². The monoisotopic (exact) mass is 222 g/mol. The van der Waals surface area contributed by atoms with Crippen LogP contribution in [0, 0.1) is 0 Å². The molecule has 0 heterocycles. The summed E-state index contributed by atoms with van der Waals surface area (Å²) in [4.78, 5) is 10.9. The van der Waals surface area contributed by atoms with Gasteiger partial charge in [-0.15, -0.1) is 0 Å². The van der Waals surface area contributed by atoms with Crippen LogP contribution < -0.4 is 15.5 Å². The SMILES string of the molecule is C=C(NO)c1cc(NC(C)=O)ccc1OC. The van der Waals surface area contributed by atoms with E-state index < -0.39 is 0 Å². The lowest BCUT2D eigenvalue weighted by Crippen LogP contribution is -2.09. The van der Waals surface area contributed by atoms with Crippen molar-refractivity contribution in [3.8, 4) is 5.75 Å². The minimum atomic E-state index is -0.168. The van der Waals surface area contributed by atoms with Crippen molar-refractivity contribution in [2.75, 3.05) is 12.4 Å². The van der Waals surface area contributed by atoms with Gasteiger partial charge in [-0.1, -0.05) is 6.58 Å². The van der Waals surface area contributed by atoms with Crippen molar-refractivity contribution >= 4 is 17.3 Å². The minimum absolute atomic E-state index is 0.168. The summed E-state index contributed by atoms with van der Waals surface area (Å²) in [5.74, 6) is 0.388. The average Bonchev–Trinajstić information content (AvgIpc) is 2.27. The molecule has 0 fully saturated rings. The molecule has 3 N–H and O–H groups in total. The van der Waals surface area contributed by atoms with E-state index in [1.165, 1.54) is 14.0 Å². The molecule has 0 saturated carbocycles. The largest absolute Gasteiger partial charge is 0.496 e. The van der Waals surface area contributed by atoms with E-state index in [0.29, 0.717) is 22.7 Å². The maximum Gasteiger partial charge on any atom is 0.221 e. The summed E-state index contributed by atoms with van der Waals surface area (Å²) in [6.45, 7) is 5.04. The number of methoxy groups -OCH3 is 1. The summed E-state index contributed by atoms with van der Waals surface area (Å²) in [5, 5.41) is 11.4. The van der Waals surface area contributed by atoms with Gasteiger partial charge < -0.3 is 10.1 Å². The van der Waals surface area contributed by atoms with E-state index in [1.807, 2.05) is 5.48 Å². The Kier molecular flexibility index (Phi) is 3.90. The maximum absolute atomic E-state index is 10.9. The highest BCUT2D eigenvalue weighted by atomic mass is 16.5. The standard InChI is InChI=1S/C11H14N2O3/c1-7(13-15)10-6-9(12-8(2)14)4-5-11(10)16-3/h4-6,13,15H,1H2,2-3H3,(H,12,14). The molecular weight excluding hydrogens is 208 g/mol. The van der Waals surface area contributed by atoms with Gasteiger partial charge in [-0.3, -0.25) is 15.5 Å². The number of carbonyl (C=O) groups is 1. The Labute approximate surface area is 93.7 Å². The number of rotatable bonds is 4. The number of benzene rings is 1. The molecule has 0 radical (unpaired) electrons. The second-order valence-electron chi connectivity index (χ2n) is 3.19. The van der Waals surface area contributed by atoms with E-state index in [9.17, 15) is 4.79 Å². The molecule has 0 saturated heterocycles. The average molecular weight is 222 g/mol. The normalized spacial score (nSPS) is 9.44. The van der Waals surface area contributed by atoms with Crippen LogP contribution >= 0.6 is 0 Å². The van der Waals surface area contributed by atoms with E-state index in [4.69, 9.17) is 9.94 Å². The highest BCUT2D eigenvalue weighted by Crippen LogP contribution is 2.26. The van der Waals surface area contributed by atoms with Gasteiger partial charge in [-0.25, -0.2) is 0 Å². The lowest BCUT2D eigenvalue weighted by Gasteiger charge is -2.12. The third-order valence-electron chi connectivity index (χ3n) is 1.98. The molecule has 1 rings (SSSR count). The number of hydrogen-bond donors (Lipinski definition) is 3. The zero-order valence-electron chi connectivity index (χ0n) is 9.20. The number of hydrogen-bond acceptors (Lipinski definition) is 4. The van der Waals surface area contributed by atoms with Crippen LogP contribution in [-0.2, 0) is 4.79 Å². The second-order valence-corrected chi connectivity index (χ2v) is 3.19. The predicted molar refractivity (Wildman–Crippen MR) is 61.3 cm³/mol. The van der Waals surface area contributed by atoms with Crippen LogP contribution in [0.3, 0.4) is 0 Å². The molecule has 0 aliphatic heterocycles. The van der Waals surface area contributed by atoms with Crippen molar-refractivity contribution in [1.82, 2.24) is 5.48 Å². The van der Waals surface area contributed by atoms with Gasteiger partial charge >= 0.3 is 0 Å². The van der Waals surface area contributed by atoms with Gasteiger partial charge in [0.05, 0.1) is 12.8 Å². The van der Waals surface area contributed by atoms with Crippen molar-refractivity contribution < 1.29 is 14.7 Å². The minimum Gasteiger partial charge on any atom is -0.496 e. The van der Waals surface area contributed by atoms with Crippen LogP contribution in [0.2, 0.25) is 0 Å². The van der Waals surface area contributed by atoms with E-state index >= 15 is 0 Å². The third-order valence-corrected chi connectivity index (χ3v) is 1.98. The Morgan fingerprint density at radius 1 is 1.50 bits per heavy atom. The highest BCUT2D eigenvalue weighted by molar-refractivity contribution is 5.89. The van der Waals surface area contributed by atoms with Gasteiger partial charge in [0.2, 0.25) is 5.91 Å². The smallest absolute Gasteiger partial charge is 0.221 e. The zero-order valence-corrected chi connectivity index (χ0v) is 9.20. The van der Waals surface area contributed by atoms with Crippen LogP contribution in [0.1, 0.15) is 12.5 Å². The summed E-state index contributed by atoms with van der Waals surface area (Å²) in [6.07, 6.45) is 0. The highest BCUT2D eigenvalue weighted by Gasteiger charge is 2.08. The first-order valence-electron chi connectivity index (χ1n) is 4.63. The Morgan fingerprint density at radius 3 is 2.69 bits per heavy atom. The molecule has 0 bridgehead atoms. The van der Waals surface area contributed by atoms with E-state index in [2.05, 4.69) is 11.9 Å². The van der Waals surface area contributed by atoms with Gasteiger partial charge in [-0.05, 0) is 18.2 Å². The molecule has 0 unspecified atom stereocenters. The molecule has 1 amide bonds. The lowest BCUT2D eigenvalue weighted by atomic mass is 10.1. The first-order chi connectivity index (χ1) is 7.58. The topological polar surface area (TPSA) is 70.6 Å². The zero-order chi connectivity index (χ0) is 12.1. The number of carbonyl (C=O) groups excluding carboxylic acids is 1. The fraction of sp³-hybridized carbons (Fsp3) is 0.182. The Hall–Kier alpha value is -2.01. The number of nitrogens with one attached hydrogen (secondary N) is 2. The van der Waals surface area contributed by atoms with Crippen LogP contribution in [0.15, 0.2) is 24.8 Å². The lowest BCUT2D eigenvalue weighted by molar-refractivity contribution is -0.114. The molecular formula is C11H14N2O3. The van der Waals surface area contributed by atoms with Crippen LogP contribution in [-0.4, -0.2) is 18.2 Å². The summed E-state index contributed by atoms with van der Waals surface area (Å²) >= 11 is 0. The second kappa shape index (κ2) is 5.18. The molecule has 0 spiro atoms. The Balaban J connectivity index is 3.10. The number of hydroxylamine groups is 1. The van der Waals surface area contributed by atoms with Crippen LogP contribution in [0.5, 0.6) is 5.75 Å². The van der Waals surface area contributed by atoms with Crippen molar-refractivity contribution in [2.45, 2.75) is 6.92 Å². The quantitative estimate of drug-likeness (QED) is 0.677. The third kappa shape index (κ3) is 2.74. The summed E-state index contributed by atoms with van der Waals surface area (Å²) < 4.78 is 5.10. The molecule has 1 aromatic carbocycles. The maximum atomic E-state index is 10.9. The fourth-order valence-corrected chi connectivity index (χ4v) is 1.29. The molecule has 0 aromatic heterocycles. The van der Waals surface area contributed by atoms with Crippen LogP contribution in [0.4, 0.5) is 5.69 Å². The molecule has 0 aliphatic rings. The molecule has 5 nitrogen and oxygen atoms in total. The summed E-state index contributed by atoms with van der Waals surface area (Å²) in [5.41, 5.74) is 3.44. The van der Waals surface area contributed by atoms with Crippen molar-refractivity contribution in [2.24, 2.45) is 0 Å².